The van der Waals surface area contributed by atoms with Gasteiger partial charge in [-0.15, -0.1) is 0 Å². The Bertz CT molecular complexity index is 758. The molecule has 3 fully saturated rings. The van der Waals surface area contributed by atoms with E-state index in [1.54, 1.807) is 0 Å². The van der Waals surface area contributed by atoms with E-state index in [0.717, 1.165) is 0 Å². The summed E-state index contributed by atoms with van der Waals surface area (Å²) in [6.07, 6.45) is -10.1. The van der Waals surface area contributed by atoms with E-state index < -0.39 is 105 Å². The second kappa shape index (κ2) is 16.4. The van der Waals surface area contributed by atoms with Gasteiger partial charge in [-0.3, -0.25) is 0 Å². The minimum Gasteiger partial charge on any atom is -0.395 e. The van der Waals surface area contributed by atoms with Crippen molar-refractivity contribution in [2.24, 2.45) is 17.2 Å². The molecule has 1 aliphatic carbocycles. The topological polar surface area (TPSA) is 301 Å². The average molecular weight is 600 g/mol. The van der Waals surface area contributed by atoms with Crippen LogP contribution in [0.1, 0.15) is 19.3 Å². The van der Waals surface area contributed by atoms with E-state index in [1.165, 1.54) is 0 Å². The molecular weight excluding hydrogens is 550 g/mol. The Kier molecular flexibility index (Phi) is 13.9. The van der Waals surface area contributed by atoms with Gasteiger partial charge in [0.1, 0.15) is 36.6 Å². The van der Waals surface area contributed by atoms with Gasteiger partial charge in [0.05, 0.1) is 56.8 Å². The second-order valence-corrected chi connectivity index (χ2v) is 11.1. The van der Waals surface area contributed by atoms with Gasteiger partial charge in [-0.25, -0.2) is 0 Å². The summed E-state index contributed by atoms with van der Waals surface area (Å²) in [6.45, 7) is -1.29. The molecule has 0 aromatic heterocycles. The first-order valence-corrected chi connectivity index (χ1v) is 14.1. The van der Waals surface area contributed by atoms with Crippen molar-refractivity contribution in [3.8, 4) is 0 Å². The zero-order chi connectivity index (χ0) is 30.3. The van der Waals surface area contributed by atoms with Crippen LogP contribution in [0.3, 0.4) is 0 Å². The lowest BCUT2D eigenvalue weighted by molar-refractivity contribution is -0.314. The van der Waals surface area contributed by atoms with Crippen LogP contribution >= 0.6 is 0 Å². The first kappa shape index (κ1) is 34.8. The van der Waals surface area contributed by atoms with Crippen LogP contribution < -0.4 is 27.8 Å². The average Bonchev–Trinajstić information content (AvgIpc) is 2.96. The van der Waals surface area contributed by atoms with Crippen molar-refractivity contribution in [3.63, 3.8) is 0 Å². The summed E-state index contributed by atoms with van der Waals surface area (Å²) in [7, 11) is 0. The van der Waals surface area contributed by atoms with Gasteiger partial charge >= 0.3 is 0 Å². The van der Waals surface area contributed by atoms with E-state index in [9.17, 15) is 35.7 Å². The first-order chi connectivity index (χ1) is 19.5. The molecule has 0 amide bonds. The Morgan fingerprint density at radius 1 is 0.805 bits per heavy atom. The highest BCUT2D eigenvalue weighted by atomic mass is 16.7. The molecule has 1 saturated carbocycles. The molecule has 2 saturated heterocycles. The second-order valence-electron chi connectivity index (χ2n) is 11.1. The van der Waals surface area contributed by atoms with Gasteiger partial charge < -0.3 is 87.6 Å². The smallest absolute Gasteiger partial charge is 0.186 e. The van der Waals surface area contributed by atoms with Crippen LogP contribution in [0, 0.1) is 0 Å². The molecule has 0 aromatic carbocycles. The van der Waals surface area contributed by atoms with Gasteiger partial charge in [0, 0.05) is 25.2 Å². The van der Waals surface area contributed by atoms with Gasteiger partial charge in [-0.1, -0.05) is 0 Å². The molecule has 41 heavy (non-hydrogen) atoms. The molecule has 3 rings (SSSR count). The van der Waals surface area contributed by atoms with Crippen molar-refractivity contribution in [3.05, 3.63) is 0 Å². The monoisotopic (exact) mass is 599 g/mol. The SMILES string of the molecule is N[C@@H]1[C@@H](O)[C@@H](O[C@H]2[C@H](NC(CO)CO)C[C@H](N)C(O[C@H]3O[C@H](CNCC(O)CO)CC[C@H]3N)[C@@H]2O)O[C@H](CO)[C@H]1O. The van der Waals surface area contributed by atoms with E-state index in [2.05, 4.69) is 10.6 Å². The molecule has 0 spiro atoms. The van der Waals surface area contributed by atoms with Crippen molar-refractivity contribution in [1.82, 2.24) is 10.6 Å². The predicted molar refractivity (Wildman–Crippen MR) is 141 cm³/mol. The van der Waals surface area contributed by atoms with Gasteiger partial charge in [0.2, 0.25) is 0 Å². The van der Waals surface area contributed by atoms with E-state index >= 15 is 0 Å². The van der Waals surface area contributed by atoms with Crippen LogP contribution in [0.2, 0.25) is 0 Å². The van der Waals surface area contributed by atoms with E-state index in [0.29, 0.717) is 19.4 Å². The quantitative estimate of drug-likeness (QED) is 0.0882. The largest absolute Gasteiger partial charge is 0.395 e. The third-order valence-corrected chi connectivity index (χ3v) is 7.89. The summed E-state index contributed by atoms with van der Waals surface area (Å²) in [5.41, 5.74) is 18.6. The van der Waals surface area contributed by atoms with Gasteiger partial charge in [-0.2, -0.15) is 0 Å². The van der Waals surface area contributed by atoms with Crippen LogP contribution in [-0.4, -0.2) is 172 Å². The fourth-order valence-electron chi connectivity index (χ4n) is 5.39. The summed E-state index contributed by atoms with van der Waals surface area (Å²) < 4.78 is 23.7. The number of ether oxygens (including phenoxy) is 4. The minimum atomic E-state index is -1.52. The highest BCUT2D eigenvalue weighted by Gasteiger charge is 2.50. The van der Waals surface area contributed by atoms with Crippen LogP contribution in [0.4, 0.5) is 0 Å². The number of nitrogens with one attached hydrogen (secondary N) is 2. The van der Waals surface area contributed by atoms with Gasteiger partial charge in [-0.05, 0) is 19.3 Å². The lowest BCUT2D eigenvalue weighted by Crippen LogP contribution is -2.69. The third kappa shape index (κ3) is 8.93. The molecule has 0 radical (unpaired) electrons. The molecule has 2 aliphatic heterocycles. The molecule has 16 N–H and O–H groups in total. The first-order valence-electron chi connectivity index (χ1n) is 14.1. The lowest BCUT2D eigenvalue weighted by atomic mass is 9.83. The summed E-state index contributed by atoms with van der Waals surface area (Å²) in [6, 6.07) is -4.06. The summed E-state index contributed by atoms with van der Waals surface area (Å²) in [5, 5.41) is 85.7. The number of aliphatic hydroxyl groups excluding tert-OH is 8. The maximum atomic E-state index is 11.5. The third-order valence-electron chi connectivity index (χ3n) is 7.89. The van der Waals surface area contributed by atoms with Crippen LogP contribution in [0.15, 0.2) is 0 Å². The lowest BCUT2D eigenvalue weighted by Gasteiger charge is -2.49. The molecule has 2 unspecified atom stereocenters. The van der Waals surface area contributed by atoms with Crippen LogP contribution in [0.5, 0.6) is 0 Å². The maximum absolute atomic E-state index is 11.5. The highest BCUT2D eigenvalue weighted by Crippen LogP contribution is 2.31. The molecule has 3 aliphatic rings. The van der Waals surface area contributed by atoms with Crippen molar-refractivity contribution >= 4 is 0 Å². The van der Waals surface area contributed by atoms with E-state index in [4.69, 9.17) is 41.3 Å². The normalized spacial score (nSPS) is 42.9. The zero-order valence-electron chi connectivity index (χ0n) is 23.0. The van der Waals surface area contributed by atoms with E-state index in [-0.39, 0.29) is 25.7 Å². The van der Waals surface area contributed by atoms with Gasteiger partial charge in [0.15, 0.2) is 12.6 Å². The van der Waals surface area contributed by atoms with E-state index in [1.807, 2.05) is 0 Å². The van der Waals surface area contributed by atoms with Crippen LogP contribution in [-0.2, 0) is 18.9 Å². The summed E-state index contributed by atoms with van der Waals surface area (Å²) >= 11 is 0. The summed E-state index contributed by atoms with van der Waals surface area (Å²) in [5.74, 6) is 0. The number of nitrogens with two attached hydrogens (primary N) is 3. The van der Waals surface area contributed by atoms with Gasteiger partial charge in [0.25, 0.3) is 0 Å². The predicted octanol–water partition coefficient (Wildman–Crippen LogP) is -7.30. The number of aliphatic hydroxyl groups is 8. The maximum Gasteiger partial charge on any atom is 0.186 e. The van der Waals surface area contributed by atoms with Crippen molar-refractivity contribution in [2.75, 3.05) is 39.5 Å². The molecular formula is C24H49N5O12. The molecule has 0 aromatic rings. The minimum absolute atomic E-state index is 0.135. The molecule has 0 bridgehead atoms. The highest BCUT2D eigenvalue weighted by molar-refractivity contribution is 5.02. The Hall–Kier alpha value is -0.680. The summed E-state index contributed by atoms with van der Waals surface area (Å²) in [4.78, 5) is 0. The van der Waals surface area contributed by atoms with Crippen LogP contribution in [0.25, 0.3) is 0 Å². The molecule has 17 heteroatoms. The van der Waals surface area contributed by atoms with Crippen molar-refractivity contribution in [2.45, 2.75) is 111 Å². The molecule has 17 nitrogen and oxygen atoms in total. The zero-order valence-corrected chi connectivity index (χ0v) is 23.0. The number of rotatable bonds is 14. The Labute approximate surface area is 238 Å². The number of hydrogen-bond acceptors (Lipinski definition) is 17. The Morgan fingerprint density at radius 3 is 2.12 bits per heavy atom. The fourth-order valence-corrected chi connectivity index (χ4v) is 5.39. The van der Waals surface area contributed by atoms with Crippen molar-refractivity contribution in [1.29, 1.82) is 0 Å². The molecule has 242 valence electrons. The Balaban J connectivity index is 1.74. The fraction of sp³-hybridized carbons (Fsp3) is 1.00. The van der Waals surface area contributed by atoms with Crippen molar-refractivity contribution < 1.29 is 59.8 Å². The Morgan fingerprint density at radius 2 is 1.49 bits per heavy atom. The molecule has 14 atom stereocenters. The number of hydrogen-bond donors (Lipinski definition) is 13. The molecule has 2 heterocycles. The standard InChI is InChI=1S/C24H49N5O12/c25-13-2-1-12(5-28-4-11(34)8-32)38-23(13)40-21-14(26)3-15(29-10(6-30)7-31)22(20(21)37)41-24-19(36)17(27)18(35)16(9-33)39-24/h10-24,28-37H,1-9,25-27H2/t11?,12-,13+,14-,15+,16+,17-,18+,19+,20-,21?,22-,23+,24+/m0/s1.